The van der Waals surface area contributed by atoms with E-state index >= 15 is 0 Å². The molecule has 1 unspecified atom stereocenters. The van der Waals surface area contributed by atoms with E-state index in [-0.39, 0.29) is 31.1 Å². The highest BCUT2D eigenvalue weighted by Crippen LogP contribution is 2.18. The zero-order valence-corrected chi connectivity index (χ0v) is 53.5. The molecule has 81 heavy (non-hydrogen) atoms. The van der Waals surface area contributed by atoms with E-state index in [0.29, 0.717) is 19.3 Å². The van der Waals surface area contributed by atoms with Crippen molar-refractivity contribution in [1.82, 2.24) is 0 Å². The van der Waals surface area contributed by atoms with Crippen LogP contribution in [0.5, 0.6) is 0 Å². The Kier molecular flexibility index (Phi) is 65.7. The Bertz CT molecular complexity index is 1580. The zero-order valence-electron chi connectivity index (χ0n) is 53.5. The third-order valence-corrected chi connectivity index (χ3v) is 15.1. The second kappa shape index (κ2) is 68.8. The number of unbranched alkanes of at least 4 members (excludes halogenated alkanes) is 36. The first-order valence-corrected chi connectivity index (χ1v) is 34.7. The lowest BCUT2D eigenvalue weighted by molar-refractivity contribution is -0.167. The van der Waals surface area contributed by atoms with Gasteiger partial charge in [0.1, 0.15) is 13.2 Å². The van der Waals surface area contributed by atoms with Crippen molar-refractivity contribution in [3.8, 4) is 0 Å². The van der Waals surface area contributed by atoms with E-state index in [4.69, 9.17) is 14.2 Å². The fourth-order valence-corrected chi connectivity index (χ4v) is 9.93. The maximum atomic E-state index is 12.9. The highest BCUT2D eigenvalue weighted by Gasteiger charge is 2.19. The van der Waals surface area contributed by atoms with Gasteiger partial charge in [-0.1, -0.05) is 336 Å². The van der Waals surface area contributed by atoms with Gasteiger partial charge in [0.2, 0.25) is 0 Å². The van der Waals surface area contributed by atoms with Crippen LogP contribution in [-0.4, -0.2) is 37.2 Å². The van der Waals surface area contributed by atoms with Crippen LogP contribution in [0, 0.1) is 0 Å². The smallest absolute Gasteiger partial charge is 0.306 e. The van der Waals surface area contributed by atoms with Gasteiger partial charge in [-0.3, -0.25) is 14.4 Å². The number of hydrogen-bond donors (Lipinski definition) is 0. The molecule has 0 amide bonds. The third kappa shape index (κ3) is 67.0. The lowest BCUT2D eigenvalue weighted by atomic mass is 10.0. The molecule has 0 fully saturated rings. The van der Waals surface area contributed by atoms with Gasteiger partial charge >= 0.3 is 17.9 Å². The average molecular weight is 1130 g/mol. The topological polar surface area (TPSA) is 78.9 Å². The van der Waals surface area contributed by atoms with Gasteiger partial charge in [0.05, 0.1) is 0 Å². The molecule has 0 rings (SSSR count). The molecule has 0 N–H and O–H groups in total. The van der Waals surface area contributed by atoms with Crippen LogP contribution in [0.4, 0.5) is 0 Å². The summed E-state index contributed by atoms with van der Waals surface area (Å²) >= 11 is 0. The Labute approximate surface area is 502 Å². The lowest BCUT2D eigenvalue weighted by Crippen LogP contribution is -2.30. The summed E-state index contributed by atoms with van der Waals surface area (Å²) in [6.45, 7) is 6.55. The predicted octanol–water partition coefficient (Wildman–Crippen LogP) is 24.0. The third-order valence-electron chi connectivity index (χ3n) is 15.1. The molecule has 6 nitrogen and oxygen atoms in total. The minimum absolute atomic E-state index is 0.0810. The molecule has 0 aliphatic heterocycles. The molecule has 0 aliphatic carbocycles. The summed E-state index contributed by atoms with van der Waals surface area (Å²) in [5.41, 5.74) is 0. The van der Waals surface area contributed by atoms with Gasteiger partial charge in [-0.25, -0.2) is 0 Å². The number of ether oxygens (including phenoxy) is 3. The summed E-state index contributed by atoms with van der Waals surface area (Å²) in [4.78, 5) is 38.4. The predicted molar refractivity (Wildman–Crippen MR) is 353 cm³/mol. The van der Waals surface area contributed by atoms with Crippen molar-refractivity contribution in [2.24, 2.45) is 0 Å². The summed E-state index contributed by atoms with van der Waals surface area (Å²) in [6, 6.07) is 0. The summed E-state index contributed by atoms with van der Waals surface area (Å²) < 4.78 is 17.0. The molecule has 0 spiro atoms. The van der Waals surface area contributed by atoms with Crippen molar-refractivity contribution < 1.29 is 28.6 Å². The molecule has 0 aromatic rings. The molecular formula is C75H130O6. The van der Waals surface area contributed by atoms with Gasteiger partial charge in [-0.15, -0.1) is 0 Å². The molecule has 0 bridgehead atoms. The van der Waals surface area contributed by atoms with Gasteiger partial charge in [-0.2, -0.15) is 0 Å². The highest BCUT2D eigenvalue weighted by molar-refractivity contribution is 5.71. The number of rotatable bonds is 63. The fraction of sp³-hybridized carbons (Fsp3) is 0.747. The van der Waals surface area contributed by atoms with Crippen LogP contribution in [-0.2, 0) is 28.6 Å². The number of carbonyl (C=O) groups is 3. The van der Waals surface area contributed by atoms with E-state index in [1.165, 1.54) is 180 Å². The Balaban J connectivity index is 4.34. The molecule has 0 aromatic heterocycles. The second-order valence-electron chi connectivity index (χ2n) is 23.1. The number of esters is 3. The van der Waals surface area contributed by atoms with Gasteiger partial charge < -0.3 is 14.2 Å². The number of allylic oxidation sites excluding steroid dienone is 16. The average Bonchev–Trinajstić information content (AvgIpc) is 3.46. The van der Waals surface area contributed by atoms with Crippen LogP contribution < -0.4 is 0 Å². The van der Waals surface area contributed by atoms with Gasteiger partial charge in [0.25, 0.3) is 0 Å². The van der Waals surface area contributed by atoms with E-state index in [2.05, 4.69) is 118 Å². The number of carbonyl (C=O) groups excluding carboxylic acids is 3. The van der Waals surface area contributed by atoms with Crippen molar-refractivity contribution in [3.05, 3.63) is 97.2 Å². The molecule has 0 saturated carbocycles. The summed E-state index contributed by atoms with van der Waals surface area (Å²) in [6.07, 6.45) is 92.8. The van der Waals surface area contributed by atoms with Crippen LogP contribution in [0.25, 0.3) is 0 Å². The van der Waals surface area contributed by atoms with Gasteiger partial charge in [0.15, 0.2) is 6.10 Å². The molecule has 6 heteroatoms. The molecule has 0 saturated heterocycles. The first-order chi connectivity index (χ1) is 40.0. The number of hydrogen-bond acceptors (Lipinski definition) is 6. The zero-order chi connectivity index (χ0) is 58.5. The summed E-state index contributed by atoms with van der Waals surface area (Å²) in [7, 11) is 0. The van der Waals surface area contributed by atoms with Crippen molar-refractivity contribution >= 4 is 17.9 Å². The maximum absolute atomic E-state index is 12.9. The minimum atomic E-state index is -0.787. The van der Waals surface area contributed by atoms with Crippen LogP contribution in [0.3, 0.4) is 0 Å². The molecule has 1 atom stereocenters. The van der Waals surface area contributed by atoms with Gasteiger partial charge in [0, 0.05) is 19.3 Å². The SMILES string of the molecule is CC/C=C\C/C=C\C/C=C\C/C=C\C/C=C\C/C=C\C/C=C\C/C=C\CCCCCCC(=O)OCC(COC(=O)CCCCCCCCCCCCCCC)OC(=O)CCCCCCCCCCCCCCCCCCCCCCC. The minimum Gasteiger partial charge on any atom is -0.462 e. The molecule has 466 valence electrons. The molecule has 0 radical (unpaired) electrons. The van der Waals surface area contributed by atoms with Crippen LogP contribution >= 0.6 is 0 Å². The van der Waals surface area contributed by atoms with E-state index in [1.54, 1.807) is 0 Å². The van der Waals surface area contributed by atoms with Crippen molar-refractivity contribution in [2.75, 3.05) is 13.2 Å². The Morgan fingerprint density at radius 2 is 0.481 bits per heavy atom. The van der Waals surface area contributed by atoms with Crippen LogP contribution in [0.1, 0.15) is 342 Å². The second-order valence-corrected chi connectivity index (χ2v) is 23.1. The largest absolute Gasteiger partial charge is 0.462 e. The highest BCUT2D eigenvalue weighted by atomic mass is 16.6. The fourth-order valence-electron chi connectivity index (χ4n) is 9.93. The standard InChI is InChI=1S/C75H130O6/c1-4-7-10-13-16-19-22-25-27-29-31-33-34-35-36-37-38-39-40-42-43-45-47-50-53-56-59-62-65-68-74(77)80-71-72(70-79-73(76)67-64-61-58-55-52-49-24-21-18-15-12-9-6-3)81-75(78)69-66-63-60-57-54-51-48-46-44-41-32-30-28-26-23-20-17-14-11-8-5-2/h7,10,16,19,25,27,31,33,35-36,38-39,42-43,47,50,72H,4-6,8-9,11-15,17-18,20-24,26,28-30,32,34,37,40-41,44-46,48-49,51-71H2,1-3H3/b10-7-,19-16-,27-25-,33-31-,36-35-,39-38-,43-42-,50-47-. The van der Waals surface area contributed by atoms with Crippen molar-refractivity contribution in [1.29, 1.82) is 0 Å². The first-order valence-electron chi connectivity index (χ1n) is 34.7. The quantitative estimate of drug-likeness (QED) is 0.0261. The Morgan fingerprint density at radius 3 is 0.753 bits per heavy atom. The van der Waals surface area contributed by atoms with E-state index < -0.39 is 6.10 Å². The normalized spacial score (nSPS) is 12.7. The molecular weight excluding hydrogens is 997 g/mol. The lowest BCUT2D eigenvalue weighted by Gasteiger charge is -2.18. The first kappa shape index (κ1) is 77.3. The van der Waals surface area contributed by atoms with E-state index in [1.807, 2.05) is 0 Å². The Hall–Kier alpha value is -3.67. The summed E-state index contributed by atoms with van der Waals surface area (Å²) in [5.74, 6) is -0.889. The van der Waals surface area contributed by atoms with E-state index in [9.17, 15) is 14.4 Å². The molecule has 0 aromatic carbocycles. The molecule has 0 heterocycles. The molecule has 0 aliphatic rings. The Morgan fingerprint density at radius 1 is 0.259 bits per heavy atom. The van der Waals surface area contributed by atoms with Crippen LogP contribution in [0.2, 0.25) is 0 Å². The van der Waals surface area contributed by atoms with E-state index in [0.717, 1.165) is 122 Å². The van der Waals surface area contributed by atoms with Crippen LogP contribution in [0.15, 0.2) is 97.2 Å². The summed E-state index contributed by atoms with van der Waals surface area (Å²) in [5, 5.41) is 0. The van der Waals surface area contributed by atoms with Crippen molar-refractivity contribution in [3.63, 3.8) is 0 Å². The monoisotopic (exact) mass is 1130 g/mol. The van der Waals surface area contributed by atoms with Gasteiger partial charge in [-0.05, 0) is 83.5 Å². The van der Waals surface area contributed by atoms with Crippen molar-refractivity contribution in [2.45, 2.75) is 348 Å². The maximum Gasteiger partial charge on any atom is 0.306 e.